The van der Waals surface area contributed by atoms with Crippen LogP contribution in [0.1, 0.15) is 6.92 Å². The molecule has 0 saturated carbocycles. The first-order valence-corrected chi connectivity index (χ1v) is 7.24. The van der Waals surface area contributed by atoms with E-state index in [4.69, 9.17) is 4.74 Å². The summed E-state index contributed by atoms with van der Waals surface area (Å²) in [5.74, 6) is 0.306. The van der Waals surface area contributed by atoms with Gasteiger partial charge in [-0.25, -0.2) is 14.4 Å². The third-order valence-corrected chi connectivity index (χ3v) is 3.15. The highest BCUT2D eigenvalue weighted by atomic mass is 19.1. The molecule has 0 aliphatic heterocycles. The lowest BCUT2D eigenvalue weighted by molar-refractivity contribution is -0.114. The van der Waals surface area contributed by atoms with Crippen LogP contribution in [0.15, 0.2) is 60.9 Å². The maximum atomic E-state index is 13.1. The van der Waals surface area contributed by atoms with Gasteiger partial charge in [0.15, 0.2) is 0 Å². The van der Waals surface area contributed by atoms with Crippen LogP contribution in [0.2, 0.25) is 0 Å². The Morgan fingerprint density at radius 2 is 1.83 bits per heavy atom. The van der Waals surface area contributed by atoms with Gasteiger partial charge in [-0.3, -0.25) is 4.79 Å². The van der Waals surface area contributed by atoms with E-state index in [2.05, 4.69) is 15.3 Å². The van der Waals surface area contributed by atoms with E-state index in [0.717, 1.165) is 0 Å². The van der Waals surface area contributed by atoms with E-state index in [1.165, 1.54) is 25.3 Å². The second-order valence-corrected chi connectivity index (χ2v) is 5.03. The predicted molar refractivity (Wildman–Crippen MR) is 88.2 cm³/mol. The molecule has 3 aromatic rings. The average Bonchev–Trinajstić information content (AvgIpc) is 2.56. The summed E-state index contributed by atoms with van der Waals surface area (Å²) in [5, 5.41) is 2.69. The molecule has 0 saturated heterocycles. The Balaban J connectivity index is 1.91. The summed E-state index contributed by atoms with van der Waals surface area (Å²) in [7, 11) is 0. The number of amides is 1. The molecular formula is C18H14FN3O2. The topological polar surface area (TPSA) is 64.1 Å². The van der Waals surface area contributed by atoms with Crippen LogP contribution in [0.4, 0.5) is 10.1 Å². The molecule has 0 spiro atoms. The van der Waals surface area contributed by atoms with Gasteiger partial charge in [0.05, 0.1) is 0 Å². The summed E-state index contributed by atoms with van der Waals surface area (Å²) >= 11 is 0. The third-order valence-electron chi connectivity index (χ3n) is 3.15. The Kier molecular flexibility index (Phi) is 4.47. The van der Waals surface area contributed by atoms with E-state index >= 15 is 0 Å². The molecule has 6 heteroatoms. The van der Waals surface area contributed by atoms with Crippen LogP contribution in [-0.2, 0) is 4.79 Å². The summed E-state index contributed by atoms with van der Waals surface area (Å²) in [6.07, 6.45) is 3.05. The standard InChI is InChI=1S/C18H14FN3O2/c1-12(23)22-15-3-2-4-16(11-15)24-18-17(20-9-10-21-18)13-5-7-14(19)8-6-13/h2-11H,1H3,(H,22,23). The van der Waals surface area contributed by atoms with Gasteiger partial charge in [-0.15, -0.1) is 0 Å². The van der Waals surface area contributed by atoms with Crippen molar-refractivity contribution in [2.75, 3.05) is 5.32 Å². The maximum Gasteiger partial charge on any atom is 0.246 e. The fraction of sp³-hybridized carbons (Fsp3) is 0.0556. The Labute approximate surface area is 138 Å². The van der Waals surface area contributed by atoms with Crippen molar-refractivity contribution >= 4 is 11.6 Å². The molecule has 1 aromatic heterocycles. The Morgan fingerprint density at radius 3 is 2.58 bits per heavy atom. The molecule has 24 heavy (non-hydrogen) atoms. The summed E-state index contributed by atoms with van der Waals surface area (Å²) < 4.78 is 18.9. The number of hydrogen-bond acceptors (Lipinski definition) is 4. The van der Waals surface area contributed by atoms with Crippen molar-refractivity contribution in [1.29, 1.82) is 0 Å². The number of nitrogens with zero attached hydrogens (tertiary/aromatic N) is 2. The lowest BCUT2D eigenvalue weighted by atomic mass is 10.1. The smallest absolute Gasteiger partial charge is 0.246 e. The lowest BCUT2D eigenvalue weighted by Crippen LogP contribution is -2.05. The molecule has 0 aliphatic carbocycles. The molecule has 0 radical (unpaired) electrons. The van der Waals surface area contributed by atoms with Gasteiger partial charge in [0.2, 0.25) is 11.8 Å². The second-order valence-electron chi connectivity index (χ2n) is 5.03. The molecule has 5 nitrogen and oxygen atoms in total. The minimum absolute atomic E-state index is 0.168. The largest absolute Gasteiger partial charge is 0.437 e. The van der Waals surface area contributed by atoms with E-state index in [-0.39, 0.29) is 11.7 Å². The fourth-order valence-electron chi connectivity index (χ4n) is 2.16. The molecular weight excluding hydrogens is 309 g/mol. The van der Waals surface area contributed by atoms with E-state index in [0.29, 0.717) is 28.6 Å². The van der Waals surface area contributed by atoms with Crippen LogP contribution in [0, 0.1) is 5.82 Å². The van der Waals surface area contributed by atoms with Gasteiger partial charge in [-0.1, -0.05) is 6.07 Å². The van der Waals surface area contributed by atoms with Crippen LogP contribution >= 0.6 is 0 Å². The van der Waals surface area contributed by atoms with Gasteiger partial charge in [0.1, 0.15) is 17.3 Å². The number of halogens is 1. The molecule has 1 amide bonds. The minimum atomic E-state index is -0.326. The molecule has 0 atom stereocenters. The molecule has 0 unspecified atom stereocenters. The normalized spacial score (nSPS) is 10.2. The number of rotatable bonds is 4. The van der Waals surface area contributed by atoms with Crippen LogP contribution in [-0.4, -0.2) is 15.9 Å². The van der Waals surface area contributed by atoms with Crippen molar-refractivity contribution in [2.45, 2.75) is 6.92 Å². The van der Waals surface area contributed by atoms with Crippen molar-refractivity contribution in [3.05, 3.63) is 66.7 Å². The van der Waals surface area contributed by atoms with Crippen LogP contribution in [0.25, 0.3) is 11.3 Å². The predicted octanol–water partition coefficient (Wildman–Crippen LogP) is 4.03. The summed E-state index contributed by atoms with van der Waals surface area (Å²) in [4.78, 5) is 19.6. The first kappa shape index (κ1) is 15.6. The maximum absolute atomic E-state index is 13.1. The highest BCUT2D eigenvalue weighted by molar-refractivity contribution is 5.88. The molecule has 1 N–H and O–H groups in total. The first-order chi connectivity index (χ1) is 11.6. The van der Waals surface area contributed by atoms with Gasteiger partial charge in [-0.2, -0.15) is 0 Å². The molecule has 2 aromatic carbocycles. The monoisotopic (exact) mass is 323 g/mol. The zero-order valence-corrected chi connectivity index (χ0v) is 12.9. The molecule has 120 valence electrons. The zero-order valence-electron chi connectivity index (χ0n) is 12.9. The van der Waals surface area contributed by atoms with Crippen molar-refractivity contribution in [3.8, 4) is 22.9 Å². The van der Waals surface area contributed by atoms with Crippen LogP contribution in [0.5, 0.6) is 11.6 Å². The number of ether oxygens (including phenoxy) is 1. The van der Waals surface area contributed by atoms with Gasteiger partial charge < -0.3 is 10.1 Å². The highest BCUT2D eigenvalue weighted by Gasteiger charge is 2.11. The SMILES string of the molecule is CC(=O)Nc1cccc(Oc2nccnc2-c2ccc(F)cc2)c1. The number of hydrogen-bond donors (Lipinski definition) is 1. The number of benzene rings is 2. The van der Waals surface area contributed by atoms with Crippen LogP contribution in [0.3, 0.4) is 0 Å². The quantitative estimate of drug-likeness (QED) is 0.787. The number of nitrogens with one attached hydrogen (secondary N) is 1. The summed E-state index contributed by atoms with van der Waals surface area (Å²) in [6.45, 7) is 1.43. The van der Waals surface area contributed by atoms with E-state index in [1.54, 1.807) is 42.6 Å². The Morgan fingerprint density at radius 1 is 1.08 bits per heavy atom. The van der Waals surface area contributed by atoms with Crippen molar-refractivity contribution in [2.24, 2.45) is 0 Å². The second kappa shape index (κ2) is 6.87. The number of anilines is 1. The Bertz CT molecular complexity index is 866. The van der Waals surface area contributed by atoms with Crippen molar-refractivity contribution in [3.63, 3.8) is 0 Å². The molecule has 0 bridgehead atoms. The van der Waals surface area contributed by atoms with Crippen molar-refractivity contribution < 1.29 is 13.9 Å². The van der Waals surface area contributed by atoms with Gasteiger partial charge in [0, 0.05) is 36.6 Å². The zero-order chi connectivity index (χ0) is 16.9. The summed E-state index contributed by atoms with van der Waals surface area (Å²) in [5.41, 5.74) is 1.81. The summed E-state index contributed by atoms with van der Waals surface area (Å²) in [6, 6.07) is 12.9. The molecule has 0 aliphatic rings. The minimum Gasteiger partial charge on any atom is -0.437 e. The average molecular weight is 323 g/mol. The van der Waals surface area contributed by atoms with Gasteiger partial charge in [-0.05, 0) is 36.4 Å². The molecule has 3 rings (SSSR count). The number of carbonyl (C=O) groups is 1. The van der Waals surface area contributed by atoms with Crippen LogP contribution < -0.4 is 10.1 Å². The van der Waals surface area contributed by atoms with Gasteiger partial charge in [0.25, 0.3) is 0 Å². The van der Waals surface area contributed by atoms with E-state index in [9.17, 15) is 9.18 Å². The molecule has 0 fully saturated rings. The lowest BCUT2D eigenvalue weighted by Gasteiger charge is -2.10. The third kappa shape index (κ3) is 3.73. The van der Waals surface area contributed by atoms with Gasteiger partial charge >= 0.3 is 0 Å². The van der Waals surface area contributed by atoms with E-state index in [1.807, 2.05) is 0 Å². The van der Waals surface area contributed by atoms with Crippen molar-refractivity contribution in [1.82, 2.24) is 9.97 Å². The fourth-order valence-corrected chi connectivity index (χ4v) is 2.16. The highest BCUT2D eigenvalue weighted by Crippen LogP contribution is 2.30. The number of carbonyl (C=O) groups excluding carboxylic acids is 1. The Hall–Kier alpha value is -3.28. The molecule has 1 heterocycles. The number of aromatic nitrogens is 2. The van der Waals surface area contributed by atoms with E-state index < -0.39 is 0 Å². The first-order valence-electron chi connectivity index (χ1n) is 7.24.